The number of thiazole rings is 1. The third-order valence-corrected chi connectivity index (χ3v) is 6.81. The zero-order valence-electron chi connectivity index (χ0n) is 17.9. The predicted molar refractivity (Wildman–Crippen MR) is 120 cm³/mol. The quantitative estimate of drug-likeness (QED) is 0.467. The zero-order valence-corrected chi connectivity index (χ0v) is 18.7. The molecule has 0 aliphatic rings. The van der Waals surface area contributed by atoms with Crippen LogP contribution < -0.4 is 0 Å². The summed E-state index contributed by atoms with van der Waals surface area (Å²) in [5.41, 5.74) is 1.84. The molecule has 0 saturated carbocycles. The van der Waals surface area contributed by atoms with Gasteiger partial charge in [-0.05, 0) is 30.5 Å². The van der Waals surface area contributed by atoms with E-state index in [-0.39, 0.29) is 36.4 Å². The maximum absolute atomic E-state index is 12.8. The van der Waals surface area contributed by atoms with E-state index >= 15 is 0 Å². The average Bonchev–Trinajstić information content (AvgIpc) is 3.21. The Morgan fingerprint density at radius 1 is 1.07 bits per heavy atom. The molecule has 2 aromatic carbocycles. The number of carbonyl (C=O) groups excluding carboxylic acids is 2. The van der Waals surface area contributed by atoms with Crippen molar-refractivity contribution in [2.75, 3.05) is 13.7 Å². The number of hydrogen-bond acceptors (Lipinski definition) is 5. The molecule has 1 heterocycles. The lowest BCUT2D eigenvalue weighted by Gasteiger charge is -2.25. The number of benzene rings is 2. The molecule has 1 amide bonds. The van der Waals surface area contributed by atoms with Crippen molar-refractivity contribution in [2.45, 2.75) is 39.2 Å². The Balaban J connectivity index is 1.64. The van der Waals surface area contributed by atoms with Gasteiger partial charge in [0.05, 0.1) is 22.2 Å². The van der Waals surface area contributed by atoms with E-state index in [9.17, 15) is 9.59 Å². The summed E-state index contributed by atoms with van der Waals surface area (Å²) in [7, 11) is 1.72. The van der Waals surface area contributed by atoms with Gasteiger partial charge in [0.25, 0.3) is 5.91 Å². The first kappa shape index (κ1) is 22.0. The maximum atomic E-state index is 12.8. The molecule has 158 valence electrons. The first-order chi connectivity index (χ1) is 14.4. The molecule has 0 bridgehead atoms. The van der Waals surface area contributed by atoms with Crippen molar-refractivity contribution in [3.05, 3.63) is 65.2 Å². The number of amides is 1. The van der Waals surface area contributed by atoms with Crippen molar-refractivity contribution >= 4 is 33.4 Å². The standard InChI is InChI=1S/C24H28N2O3S/c1-5-16(2)22(18-11-7-6-8-12-18)24(28)29-15-21(27)26(4)17(3)23-25-19-13-9-10-14-20(19)30-23/h6-14,16-17,22H,5,15H2,1-4H3/t16-,17+,22-/m1/s1. The Labute approximate surface area is 181 Å². The van der Waals surface area contributed by atoms with Crippen LogP contribution in [-0.2, 0) is 14.3 Å². The fourth-order valence-corrected chi connectivity index (χ4v) is 4.43. The van der Waals surface area contributed by atoms with Crippen LogP contribution in [0.15, 0.2) is 54.6 Å². The van der Waals surface area contributed by atoms with Crippen LogP contribution in [0.4, 0.5) is 0 Å². The highest BCUT2D eigenvalue weighted by Gasteiger charge is 2.29. The molecule has 1 aromatic heterocycles. The second-order valence-corrected chi connectivity index (χ2v) is 8.64. The summed E-state index contributed by atoms with van der Waals surface area (Å²) in [5.74, 6) is -0.860. The number of rotatable bonds is 8. The Morgan fingerprint density at radius 2 is 1.73 bits per heavy atom. The molecule has 0 fully saturated rings. The van der Waals surface area contributed by atoms with Crippen molar-refractivity contribution < 1.29 is 14.3 Å². The van der Waals surface area contributed by atoms with Gasteiger partial charge in [-0.1, -0.05) is 62.7 Å². The molecule has 30 heavy (non-hydrogen) atoms. The van der Waals surface area contributed by atoms with Gasteiger partial charge in [-0.3, -0.25) is 9.59 Å². The van der Waals surface area contributed by atoms with Gasteiger partial charge in [-0.2, -0.15) is 0 Å². The third kappa shape index (κ3) is 4.87. The lowest BCUT2D eigenvalue weighted by Crippen LogP contribution is -2.34. The Morgan fingerprint density at radius 3 is 2.40 bits per heavy atom. The normalized spacial score (nSPS) is 14.1. The molecule has 6 heteroatoms. The number of ether oxygens (including phenoxy) is 1. The first-order valence-corrected chi connectivity index (χ1v) is 11.1. The Bertz CT molecular complexity index is 969. The number of para-hydroxylation sites is 1. The molecule has 0 radical (unpaired) electrons. The maximum Gasteiger partial charge on any atom is 0.314 e. The third-order valence-electron chi connectivity index (χ3n) is 5.61. The van der Waals surface area contributed by atoms with Crippen molar-refractivity contribution in [3.63, 3.8) is 0 Å². The monoisotopic (exact) mass is 424 g/mol. The number of hydrogen-bond donors (Lipinski definition) is 0. The summed E-state index contributed by atoms with van der Waals surface area (Å²) in [5, 5.41) is 0.861. The fourth-order valence-electron chi connectivity index (χ4n) is 3.37. The second kappa shape index (κ2) is 9.85. The SMILES string of the molecule is CC[C@@H](C)[C@@H](C(=O)OCC(=O)N(C)[C@@H](C)c1nc2ccccc2s1)c1ccccc1. The van der Waals surface area contributed by atoms with E-state index in [1.165, 1.54) is 0 Å². The van der Waals surface area contributed by atoms with Crippen LogP contribution in [0.25, 0.3) is 10.2 Å². The molecule has 3 aromatic rings. The van der Waals surface area contributed by atoms with Crippen LogP contribution in [0.3, 0.4) is 0 Å². The smallest absolute Gasteiger partial charge is 0.314 e. The molecule has 0 aliphatic carbocycles. The fraction of sp³-hybridized carbons (Fsp3) is 0.375. The number of esters is 1. The minimum absolute atomic E-state index is 0.120. The second-order valence-electron chi connectivity index (χ2n) is 7.58. The van der Waals surface area contributed by atoms with E-state index in [1.807, 2.05) is 75.4 Å². The average molecular weight is 425 g/mol. The first-order valence-electron chi connectivity index (χ1n) is 10.2. The van der Waals surface area contributed by atoms with Crippen LogP contribution in [0.1, 0.15) is 49.7 Å². The predicted octanol–water partition coefficient (Wildman–Crippen LogP) is 5.19. The van der Waals surface area contributed by atoms with Gasteiger partial charge < -0.3 is 9.64 Å². The minimum atomic E-state index is -0.379. The lowest BCUT2D eigenvalue weighted by atomic mass is 9.86. The largest absolute Gasteiger partial charge is 0.455 e. The summed E-state index contributed by atoms with van der Waals surface area (Å²) in [6.45, 7) is 5.74. The van der Waals surface area contributed by atoms with Crippen molar-refractivity contribution in [2.24, 2.45) is 5.92 Å². The number of fused-ring (bicyclic) bond motifs is 1. The van der Waals surface area contributed by atoms with E-state index in [0.29, 0.717) is 0 Å². The molecule has 0 unspecified atom stereocenters. The number of aromatic nitrogens is 1. The molecule has 3 atom stereocenters. The highest BCUT2D eigenvalue weighted by molar-refractivity contribution is 7.18. The van der Waals surface area contributed by atoms with Crippen LogP contribution in [0.2, 0.25) is 0 Å². The highest BCUT2D eigenvalue weighted by atomic mass is 32.1. The molecular formula is C24H28N2O3S. The topological polar surface area (TPSA) is 59.5 Å². The van der Waals surface area contributed by atoms with Crippen molar-refractivity contribution in [3.8, 4) is 0 Å². The van der Waals surface area contributed by atoms with Gasteiger partial charge in [0.2, 0.25) is 0 Å². The van der Waals surface area contributed by atoms with E-state index in [1.54, 1.807) is 23.3 Å². The number of likely N-dealkylation sites (N-methyl/N-ethyl adjacent to an activating group) is 1. The summed E-state index contributed by atoms with van der Waals surface area (Å²) in [6.07, 6.45) is 0.844. The van der Waals surface area contributed by atoms with Gasteiger partial charge >= 0.3 is 5.97 Å². The molecule has 0 saturated heterocycles. The molecule has 0 aliphatic heterocycles. The summed E-state index contributed by atoms with van der Waals surface area (Å²) in [6, 6.07) is 17.3. The van der Waals surface area contributed by atoms with Gasteiger partial charge in [0.1, 0.15) is 5.01 Å². The van der Waals surface area contributed by atoms with Crippen molar-refractivity contribution in [1.29, 1.82) is 0 Å². The lowest BCUT2D eigenvalue weighted by molar-refractivity contribution is -0.154. The van der Waals surface area contributed by atoms with E-state index in [0.717, 1.165) is 27.2 Å². The van der Waals surface area contributed by atoms with Crippen LogP contribution in [0.5, 0.6) is 0 Å². The molecule has 0 spiro atoms. The van der Waals surface area contributed by atoms with E-state index in [4.69, 9.17) is 4.74 Å². The van der Waals surface area contributed by atoms with Crippen molar-refractivity contribution in [1.82, 2.24) is 9.88 Å². The van der Waals surface area contributed by atoms with Crippen LogP contribution >= 0.6 is 11.3 Å². The van der Waals surface area contributed by atoms with E-state index in [2.05, 4.69) is 4.98 Å². The van der Waals surface area contributed by atoms with Crippen LogP contribution in [-0.4, -0.2) is 35.4 Å². The highest BCUT2D eigenvalue weighted by Crippen LogP contribution is 2.30. The molecule has 3 rings (SSSR count). The number of nitrogens with zero attached hydrogens (tertiary/aromatic N) is 2. The molecular weight excluding hydrogens is 396 g/mol. The molecule has 5 nitrogen and oxygen atoms in total. The Kier molecular flexibility index (Phi) is 7.21. The van der Waals surface area contributed by atoms with Gasteiger partial charge in [0, 0.05) is 7.05 Å². The summed E-state index contributed by atoms with van der Waals surface area (Å²) >= 11 is 1.57. The summed E-state index contributed by atoms with van der Waals surface area (Å²) in [4.78, 5) is 31.7. The minimum Gasteiger partial charge on any atom is -0.455 e. The molecule has 0 N–H and O–H groups in total. The van der Waals surface area contributed by atoms with Gasteiger partial charge in [0.15, 0.2) is 6.61 Å². The number of carbonyl (C=O) groups is 2. The zero-order chi connectivity index (χ0) is 21.7. The Hall–Kier alpha value is -2.73. The van der Waals surface area contributed by atoms with Crippen LogP contribution in [0, 0.1) is 5.92 Å². The summed E-state index contributed by atoms with van der Waals surface area (Å²) < 4.78 is 6.55. The van der Waals surface area contributed by atoms with Gasteiger partial charge in [-0.15, -0.1) is 11.3 Å². The van der Waals surface area contributed by atoms with E-state index < -0.39 is 0 Å². The van der Waals surface area contributed by atoms with Gasteiger partial charge in [-0.25, -0.2) is 4.98 Å².